The molecule has 0 amide bonds. The lowest BCUT2D eigenvalue weighted by molar-refractivity contribution is 0.418. The van der Waals surface area contributed by atoms with Crippen molar-refractivity contribution in [3.05, 3.63) is 12.2 Å². The lowest BCUT2D eigenvalue weighted by atomic mass is 10.1. The van der Waals surface area contributed by atoms with Crippen LogP contribution in [0.15, 0.2) is 6.33 Å². The molecule has 4 heteroatoms. The molecular formula is C9H18N4. The highest BCUT2D eigenvalue weighted by Gasteiger charge is 2.07. The predicted molar refractivity (Wildman–Crippen MR) is 52.1 cm³/mol. The molecule has 0 saturated carbocycles. The standard InChI is InChI=1S/C9H18N4/c1-7(2)8(3)10-5-9-12-11-6-13(9)4/h6-8,10H,5H2,1-4H3. The average molecular weight is 182 g/mol. The second-order valence-electron chi connectivity index (χ2n) is 3.77. The fourth-order valence-electron chi connectivity index (χ4n) is 0.955. The maximum Gasteiger partial charge on any atom is 0.146 e. The summed E-state index contributed by atoms with van der Waals surface area (Å²) < 4.78 is 1.93. The van der Waals surface area contributed by atoms with Crippen molar-refractivity contribution >= 4 is 0 Å². The largest absolute Gasteiger partial charge is 0.320 e. The Morgan fingerprint density at radius 3 is 2.62 bits per heavy atom. The van der Waals surface area contributed by atoms with Crippen LogP contribution in [0, 0.1) is 5.92 Å². The number of nitrogens with zero attached hydrogens (tertiary/aromatic N) is 3. The first kappa shape index (κ1) is 10.2. The summed E-state index contributed by atoms with van der Waals surface area (Å²) in [6, 6.07) is 0.511. The lowest BCUT2D eigenvalue weighted by Gasteiger charge is -2.16. The Kier molecular flexibility index (Phi) is 3.42. The summed E-state index contributed by atoms with van der Waals surface area (Å²) in [5.74, 6) is 1.63. The Morgan fingerprint density at radius 1 is 1.46 bits per heavy atom. The molecule has 1 unspecified atom stereocenters. The number of rotatable bonds is 4. The van der Waals surface area contributed by atoms with E-state index in [0.717, 1.165) is 12.4 Å². The summed E-state index contributed by atoms with van der Waals surface area (Å²) >= 11 is 0. The molecule has 0 saturated heterocycles. The molecule has 74 valence electrons. The summed E-state index contributed by atoms with van der Waals surface area (Å²) in [7, 11) is 1.96. The van der Waals surface area contributed by atoms with Crippen LogP contribution in [0.1, 0.15) is 26.6 Å². The highest BCUT2D eigenvalue weighted by atomic mass is 15.3. The Labute approximate surface area is 79.4 Å². The molecule has 0 aliphatic heterocycles. The maximum absolute atomic E-state index is 4.00. The number of aromatic nitrogens is 3. The molecule has 1 aromatic heterocycles. The molecule has 4 nitrogen and oxygen atoms in total. The van der Waals surface area contributed by atoms with E-state index in [9.17, 15) is 0 Å². The van der Waals surface area contributed by atoms with Gasteiger partial charge in [-0.2, -0.15) is 0 Å². The first-order chi connectivity index (χ1) is 6.11. The van der Waals surface area contributed by atoms with Crippen molar-refractivity contribution in [2.45, 2.75) is 33.4 Å². The van der Waals surface area contributed by atoms with Gasteiger partial charge in [0.2, 0.25) is 0 Å². The third kappa shape index (κ3) is 2.81. The molecule has 1 heterocycles. The van der Waals surface area contributed by atoms with Crippen molar-refractivity contribution in [1.29, 1.82) is 0 Å². The number of nitrogens with one attached hydrogen (secondary N) is 1. The average Bonchev–Trinajstić information content (AvgIpc) is 2.47. The van der Waals surface area contributed by atoms with Crippen LogP contribution in [0.2, 0.25) is 0 Å². The van der Waals surface area contributed by atoms with E-state index in [4.69, 9.17) is 0 Å². The summed E-state index contributed by atoms with van der Waals surface area (Å²) in [5.41, 5.74) is 0. The van der Waals surface area contributed by atoms with E-state index in [-0.39, 0.29) is 0 Å². The van der Waals surface area contributed by atoms with E-state index in [1.807, 2.05) is 11.6 Å². The zero-order valence-electron chi connectivity index (χ0n) is 8.78. The predicted octanol–water partition coefficient (Wildman–Crippen LogP) is 0.949. The quantitative estimate of drug-likeness (QED) is 0.754. The van der Waals surface area contributed by atoms with E-state index < -0.39 is 0 Å². The molecule has 0 fully saturated rings. The zero-order valence-corrected chi connectivity index (χ0v) is 8.78. The van der Waals surface area contributed by atoms with Crippen LogP contribution in [0.4, 0.5) is 0 Å². The van der Waals surface area contributed by atoms with Gasteiger partial charge in [0.05, 0.1) is 6.54 Å². The topological polar surface area (TPSA) is 42.7 Å². The molecule has 1 N–H and O–H groups in total. The minimum Gasteiger partial charge on any atom is -0.320 e. The molecule has 13 heavy (non-hydrogen) atoms. The van der Waals surface area contributed by atoms with Gasteiger partial charge in [0.15, 0.2) is 0 Å². The summed E-state index contributed by atoms with van der Waals surface area (Å²) in [6.45, 7) is 7.37. The highest BCUT2D eigenvalue weighted by Crippen LogP contribution is 2.01. The van der Waals surface area contributed by atoms with Gasteiger partial charge in [-0.05, 0) is 12.8 Å². The Morgan fingerprint density at radius 2 is 2.15 bits per heavy atom. The van der Waals surface area contributed by atoms with Crippen molar-refractivity contribution in [3.8, 4) is 0 Å². The van der Waals surface area contributed by atoms with Crippen molar-refractivity contribution in [3.63, 3.8) is 0 Å². The molecule has 0 aliphatic carbocycles. The highest BCUT2D eigenvalue weighted by molar-refractivity contribution is 4.84. The van der Waals surface area contributed by atoms with Crippen molar-refractivity contribution < 1.29 is 0 Å². The second kappa shape index (κ2) is 4.37. The van der Waals surface area contributed by atoms with Crippen LogP contribution in [-0.2, 0) is 13.6 Å². The first-order valence-corrected chi connectivity index (χ1v) is 4.67. The molecule has 1 atom stereocenters. The first-order valence-electron chi connectivity index (χ1n) is 4.67. The van der Waals surface area contributed by atoms with Crippen LogP contribution in [0.3, 0.4) is 0 Å². The minimum absolute atomic E-state index is 0.511. The van der Waals surface area contributed by atoms with E-state index >= 15 is 0 Å². The normalized spacial score (nSPS) is 13.6. The fraction of sp³-hybridized carbons (Fsp3) is 0.778. The molecule has 0 spiro atoms. The van der Waals surface area contributed by atoms with E-state index in [1.54, 1.807) is 6.33 Å². The molecular weight excluding hydrogens is 164 g/mol. The molecule has 0 aromatic carbocycles. The van der Waals surface area contributed by atoms with Crippen molar-refractivity contribution in [1.82, 2.24) is 20.1 Å². The second-order valence-corrected chi connectivity index (χ2v) is 3.77. The number of hydrogen-bond acceptors (Lipinski definition) is 3. The van der Waals surface area contributed by atoms with Crippen molar-refractivity contribution in [2.75, 3.05) is 0 Å². The van der Waals surface area contributed by atoms with Gasteiger partial charge in [0.1, 0.15) is 12.2 Å². The molecule has 1 rings (SSSR count). The van der Waals surface area contributed by atoms with Gasteiger partial charge in [0.25, 0.3) is 0 Å². The third-order valence-electron chi connectivity index (χ3n) is 2.39. The summed E-state index contributed by atoms with van der Waals surface area (Å²) in [4.78, 5) is 0. The van der Waals surface area contributed by atoms with Gasteiger partial charge in [-0.1, -0.05) is 13.8 Å². The minimum atomic E-state index is 0.511. The van der Waals surface area contributed by atoms with E-state index in [0.29, 0.717) is 12.0 Å². The summed E-state index contributed by atoms with van der Waals surface area (Å²) in [6.07, 6.45) is 1.72. The Bertz CT molecular complexity index is 254. The van der Waals surface area contributed by atoms with Crippen LogP contribution in [0.25, 0.3) is 0 Å². The lowest BCUT2D eigenvalue weighted by Crippen LogP contribution is -2.31. The van der Waals surface area contributed by atoms with Crippen LogP contribution in [-0.4, -0.2) is 20.8 Å². The third-order valence-corrected chi connectivity index (χ3v) is 2.39. The van der Waals surface area contributed by atoms with Crippen LogP contribution in [0.5, 0.6) is 0 Å². The van der Waals surface area contributed by atoms with Crippen molar-refractivity contribution in [2.24, 2.45) is 13.0 Å². The SMILES string of the molecule is CC(C)C(C)NCc1nncn1C. The van der Waals surface area contributed by atoms with Crippen LogP contribution >= 0.6 is 0 Å². The van der Waals surface area contributed by atoms with E-state index in [2.05, 4.69) is 36.3 Å². The van der Waals surface area contributed by atoms with Gasteiger partial charge in [0, 0.05) is 13.1 Å². The van der Waals surface area contributed by atoms with Gasteiger partial charge >= 0.3 is 0 Å². The zero-order chi connectivity index (χ0) is 9.84. The van der Waals surface area contributed by atoms with Gasteiger partial charge in [-0.15, -0.1) is 10.2 Å². The number of aryl methyl sites for hydroxylation is 1. The molecule has 0 aliphatic rings. The molecule has 0 radical (unpaired) electrons. The van der Waals surface area contributed by atoms with Gasteiger partial charge in [-0.25, -0.2) is 0 Å². The Balaban J connectivity index is 2.39. The van der Waals surface area contributed by atoms with Gasteiger partial charge in [-0.3, -0.25) is 0 Å². The summed E-state index contributed by atoms with van der Waals surface area (Å²) in [5, 5.41) is 11.2. The molecule has 0 bridgehead atoms. The number of hydrogen-bond donors (Lipinski definition) is 1. The van der Waals surface area contributed by atoms with Gasteiger partial charge < -0.3 is 9.88 Å². The fourth-order valence-corrected chi connectivity index (χ4v) is 0.955. The smallest absolute Gasteiger partial charge is 0.146 e. The Hall–Kier alpha value is -0.900. The monoisotopic (exact) mass is 182 g/mol. The van der Waals surface area contributed by atoms with Crippen LogP contribution < -0.4 is 5.32 Å². The molecule has 1 aromatic rings. The van der Waals surface area contributed by atoms with E-state index in [1.165, 1.54) is 0 Å². The maximum atomic E-state index is 4.00.